The largest absolute Gasteiger partial charge is 0.379 e. The first kappa shape index (κ1) is 13.1. The lowest BCUT2D eigenvalue weighted by Gasteiger charge is -2.06. The van der Waals surface area contributed by atoms with Crippen LogP contribution < -0.4 is 5.32 Å². The van der Waals surface area contributed by atoms with Crippen molar-refractivity contribution in [2.75, 3.05) is 5.32 Å². The van der Waals surface area contributed by atoms with E-state index >= 15 is 0 Å². The van der Waals surface area contributed by atoms with Crippen LogP contribution in [-0.2, 0) is 13.1 Å². The van der Waals surface area contributed by atoms with Gasteiger partial charge in [-0.3, -0.25) is 0 Å². The van der Waals surface area contributed by atoms with Gasteiger partial charge in [0, 0.05) is 5.69 Å². The van der Waals surface area contributed by atoms with Crippen LogP contribution in [0, 0.1) is 0 Å². The van der Waals surface area contributed by atoms with Gasteiger partial charge in [0.2, 0.25) is 0 Å². The summed E-state index contributed by atoms with van der Waals surface area (Å²) in [7, 11) is 0. The number of halogens is 1. The van der Waals surface area contributed by atoms with Crippen molar-refractivity contribution < 1.29 is 0 Å². The lowest BCUT2D eigenvalue weighted by atomic mass is 10.2. The van der Waals surface area contributed by atoms with Gasteiger partial charge in [-0.05, 0) is 17.7 Å². The Kier molecular flexibility index (Phi) is 3.94. The van der Waals surface area contributed by atoms with Crippen LogP contribution in [0.5, 0.6) is 0 Å². The van der Waals surface area contributed by atoms with E-state index < -0.39 is 0 Å². The molecule has 3 rings (SSSR count). The highest BCUT2D eigenvalue weighted by Crippen LogP contribution is 2.19. The molecule has 102 valence electrons. The number of anilines is 1. The Morgan fingerprint density at radius 3 is 2.75 bits per heavy atom. The minimum atomic E-state index is 0.680. The number of benzene rings is 1. The SMILES string of the molecule is Clc1cnc(CNc2ccc(Cn3cncn3)cc2)s1. The molecule has 2 aromatic heterocycles. The average molecular weight is 306 g/mol. The van der Waals surface area contributed by atoms with E-state index in [0.717, 1.165) is 17.2 Å². The molecule has 3 aromatic rings. The Hall–Kier alpha value is -1.92. The molecule has 0 atom stereocenters. The van der Waals surface area contributed by atoms with Gasteiger partial charge in [0.1, 0.15) is 22.0 Å². The van der Waals surface area contributed by atoms with Crippen LogP contribution >= 0.6 is 22.9 Å². The molecule has 7 heteroatoms. The first-order valence-corrected chi connectivity index (χ1v) is 7.24. The molecule has 1 aromatic carbocycles. The van der Waals surface area contributed by atoms with E-state index in [9.17, 15) is 0 Å². The monoisotopic (exact) mass is 305 g/mol. The maximum absolute atomic E-state index is 5.85. The van der Waals surface area contributed by atoms with Gasteiger partial charge in [-0.15, -0.1) is 11.3 Å². The molecule has 1 N–H and O–H groups in total. The summed E-state index contributed by atoms with van der Waals surface area (Å²) in [6.45, 7) is 1.40. The van der Waals surface area contributed by atoms with E-state index in [1.165, 1.54) is 23.2 Å². The number of rotatable bonds is 5. The summed E-state index contributed by atoms with van der Waals surface area (Å²) in [6, 6.07) is 8.22. The zero-order valence-electron chi connectivity index (χ0n) is 10.5. The van der Waals surface area contributed by atoms with Crippen LogP contribution in [0.1, 0.15) is 10.6 Å². The average Bonchev–Trinajstić information content (AvgIpc) is 3.10. The number of thiazole rings is 1. The molecule has 0 aliphatic rings. The van der Waals surface area contributed by atoms with E-state index in [0.29, 0.717) is 10.9 Å². The molecule has 0 spiro atoms. The zero-order chi connectivity index (χ0) is 13.8. The van der Waals surface area contributed by atoms with Gasteiger partial charge in [0.25, 0.3) is 0 Å². The van der Waals surface area contributed by atoms with E-state index in [2.05, 4.69) is 32.5 Å². The molecule has 0 fully saturated rings. The van der Waals surface area contributed by atoms with Crippen molar-refractivity contribution in [1.82, 2.24) is 19.7 Å². The predicted molar refractivity (Wildman–Crippen MR) is 80.0 cm³/mol. The summed E-state index contributed by atoms with van der Waals surface area (Å²) < 4.78 is 2.50. The molecule has 0 aliphatic carbocycles. The van der Waals surface area contributed by atoms with Gasteiger partial charge < -0.3 is 5.32 Å². The molecule has 0 saturated carbocycles. The molecule has 2 heterocycles. The third-order valence-corrected chi connectivity index (χ3v) is 3.85. The lowest BCUT2D eigenvalue weighted by Crippen LogP contribution is -2.01. The Labute approximate surface area is 125 Å². The van der Waals surface area contributed by atoms with E-state index in [4.69, 9.17) is 11.6 Å². The Morgan fingerprint density at radius 1 is 1.25 bits per heavy atom. The van der Waals surface area contributed by atoms with Crippen molar-refractivity contribution in [2.24, 2.45) is 0 Å². The minimum absolute atomic E-state index is 0.680. The Morgan fingerprint density at radius 2 is 2.10 bits per heavy atom. The van der Waals surface area contributed by atoms with Crippen molar-refractivity contribution >= 4 is 28.6 Å². The summed E-state index contributed by atoms with van der Waals surface area (Å²) in [5.74, 6) is 0. The molecule has 0 radical (unpaired) electrons. The summed E-state index contributed by atoms with van der Waals surface area (Å²) in [6.07, 6.45) is 4.91. The Balaban J connectivity index is 1.58. The maximum atomic E-state index is 5.85. The van der Waals surface area contributed by atoms with E-state index in [1.807, 2.05) is 12.1 Å². The smallest absolute Gasteiger partial charge is 0.137 e. The van der Waals surface area contributed by atoms with Gasteiger partial charge >= 0.3 is 0 Å². The Bertz CT molecular complexity index is 662. The number of aromatic nitrogens is 4. The highest BCUT2D eigenvalue weighted by Gasteiger charge is 2.00. The number of hydrogen-bond acceptors (Lipinski definition) is 5. The van der Waals surface area contributed by atoms with Crippen molar-refractivity contribution in [3.63, 3.8) is 0 Å². The van der Waals surface area contributed by atoms with E-state index in [-0.39, 0.29) is 0 Å². The van der Waals surface area contributed by atoms with Crippen LogP contribution in [-0.4, -0.2) is 19.7 Å². The third kappa shape index (κ3) is 3.34. The van der Waals surface area contributed by atoms with Crippen molar-refractivity contribution in [3.8, 4) is 0 Å². The first-order chi connectivity index (χ1) is 9.79. The van der Waals surface area contributed by atoms with Gasteiger partial charge in [-0.1, -0.05) is 23.7 Å². The second-order valence-electron chi connectivity index (χ2n) is 4.20. The van der Waals surface area contributed by atoms with Gasteiger partial charge in [-0.25, -0.2) is 14.6 Å². The second-order valence-corrected chi connectivity index (χ2v) is 5.95. The number of nitrogens with one attached hydrogen (secondary N) is 1. The van der Waals surface area contributed by atoms with Crippen LogP contribution in [0.3, 0.4) is 0 Å². The molecule has 0 amide bonds. The lowest BCUT2D eigenvalue weighted by molar-refractivity contribution is 0.685. The summed E-state index contributed by atoms with van der Waals surface area (Å²) in [4.78, 5) is 8.13. The summed E-state index contributed by atoms with van der Waals surface area (Å²) >= 11 is 7.33. The van der Waals surface area contributed by atoms with Crippen LogP contribution in [0.15, 0.2) is 43.1 Å². The summed E-state index contributed by atoms with van der Waals surface area (Å²) in [5.41, 5.74) is 2.23. The fourth-order valence-electron chi connectivity index (χ4n) is 1.78. The second kappa shape index (κ2) is 6.02. The highest BCUT2D eigenvalue weighted by molar-refractivity contribution is 7.15. The first-order valence-electron chi connectivity index (χ1n) is 6.05. The normalized spacial score (nSPS) is 10.7. The molecular weight excluding hydrogens is 294 g/mol. The maximum Gasteiger partial charge on any atom is 0.137 e. The van der Waals surface area contributed by atoms with E-state index in [1.54, 1.807) is 17.2 Å². The van der Waals surface area contributed by atoms with Crippen LogP contribution in [0.25, 0.3) is 0 Å². The van der Waals surface area contributed by atoms with Crippen LogP contribution in [0.2, 0.25) is 4.34 Å². The predicted octanol–water partition coefficient (Wildman–Crippen LogP) is 3.05. The topological polar surface area (TPSA) is 55.6 Å². The summed E-state index contributed by atoms with van der Waals surface area (Å²) in [5, 5.41) is 8.37. The van der Waals surface area contributed by atoms with Crippen molar-refractivity contribution in [2.45, 2.75) is 13.1 Å². The minimum Gasteiger partial charge on any atom is -0.379 e. The van der Waals surface area contributed by atoms with Gasteiger partial charge in [-0.2, -0.15) is 5.10 Å². The molecule has 0 unspecified atom stereocenters. The fraction of sp³-hybridized carbons (Fsp3) is 0.154. The molecule has 0 saturated heterocycles. The quantitative estimate of drug-likeness (QED) is 0.787. The molecule has 0 aliphatic heterocycles. The molecule has 0 bridgehead atoms. The molecule has 20 heavy (non-hydrogen) atoms. The number of hydrogen-bond donors (Lipinski definition) is 1. The number of nitrogens with zero attached hydrogens (tertiary/aromatic N) is 4. The van der Waals surface area contributed by atoms with Crippen molar-refractivity contribution in [1.29, 1.82) is 0 Å². The van der Waals surface area contributed by atoms with Gasteiger partial charge in [0.15, 0.2) is 0 Å². The standard InChI is InChI=1S/C13H12ClN5S/c14-12-5-17-13(20-12)6-16-11-3-1-10(2-4-11)7-19-9-15-8-18-19/h1-5,8-9,16H,6-7H2. The molecular formula is C13H12ClN5S. The highest BCUT2D eigenvalue weighted by atomic mass is 35.5. The van der Waals surface area contributed by atoms with Crippen LogP contribution in [0.4, 0.5) is 5.69 Å². The fourth-order valence-corrected chi connectivity index (χ4v) is 2.67. The third-order valence-electron chi connectivity index (χ3n) is 2.73. The van der Waals surface area contributed by atoms with Crippen molar-refractivity contribution in [3.05, 3.63) is 58.0 Å². The van der Waals surface area contributed by atoms with Gasteiger partial charge in [0.05, 0.1) is 19.3 Å². The zero-order valence-corrected chi connectivity index (χ0v) is 12.1. The molecule has 5 nitrogen and oxygen atoms in total.